The summed E-state index contributed by atoms with van der Waals surface area (Å²) in [6.07, 6.45) is 1.20. The fourth-order valence-electron chi connectivity index (χ4n) is 4.62. The van der Waals surface area contributed by atoms with Gasteiger partial charge in [0.05, 0.1) is 18.5 Å². The van der Waals surface area contributed by atoms with E-state index in [1.165, 1.54) is 10.6 Å². The lowest BCUT2D eigenvalue weighted by Crippen LogP contribution is -2.48. The number of carbonyl (C=O) groups is 1. The van der Waals surface area contributed by atoms with E-state index in [-0.39, 0.29) is 19.2 Å². The monoisotopic (exact) mass is 521 g/mol. The first kappa shape index (κ1) is 25.1. The lowest BCUT2D eigenvalue weighted by molar-refractivity contribution is 0.0628. The second kappa shape index (κ2) is 10.4. The summed E-state index contributed by atoms with van der Waals surface area (Å²) in [7, 11) is -3.50. The summed E-state index contributed by atoms with van der Waals surface area (Å²) in [5, 5.41) is 0. The van der Waals surface area contributed by atoms with Crippen molar-refractivity contribution in [3.8, 4) is 11.5 Å². The Labute approximate surface area is 218 Å². The summed E-state index contributed by atoms with van der Waals surface area (Å²) in [6, 6.07) is 20.6. The van der Waals surface area contributed by atoms with Gasteiger partial charge in [-0.3, -0.25) is 14.0 Å². The number of carbonyl (C=O) groups excluding carboxylic acids is 1. The summed E-state index contributed by atoms with van der Waals surface area (Å²) in [5.74, 6) is 1.52. The number of rotatable bonds is 7. The van der Waals surface area contributed by atoms with Crippen molar-refractivity contribution in [1.29, 1.82) is 0 Å². The number of aryl methyl sites for hydroxylation is 1. The molecule has 1 saturated heterocycles. The largest absolute Gasteiger partial charge is 0.454 e. The van der Waals surface area contributed by atoms with Crippen molar-refractivity contribution in [2.45, 2.75) is 20.0 Å². The molecule has 0 aromatic heterocycles. The molecular weight excluding hydrogens is 490 g/mol. The van der Waals surface area contributed by atoms with E-state index in [0.29, 0.717) is 24.3 Å². The van der Waals surface area contributed by atoms with Gasteiger partial charge in [0, 0.05) is 38.3 Å². The minimum absolute atomic E-state index is 0.0429. The molecule has 2 aliphatic rings. The molecule has 0 N–H and O–H groups in total. The van der Waals surface area contributed by atoms with Gasteiger partial charge >= 0.3 is 0 Å². The number of hydrogen-bond donors (Lipinski definition) is 0. The zero-order chi connectivity index (χ0) is 26.0. The lowest BCUT2D eigenvalue weighted by Gasteiger charge is -2.35. The van der Waals surface area contributed by atoms with E-state index in [2.05, 4.69) is 4.90 Å². The fraction of sp³-hybridized carbons (Fsp3) is 0.321. The summed E-state index contributed by atoms with van der Waals surface area (Å²) in [5.41, 5.74) is 4.26. The Balaban J connectivity index is 1.20. The molecular formula is C28H31N3O5S. The molecule has 0 aliphatic carbocycles. The standard InChI is InChI=1S/C28H31N3O5S/c1-21-3-5-22(6-4-21)19-31(37(2,33)34)25-10-8-24(9-11-25)28(32)30-15-13-29(14-16-30)18-23-7-12-26-27(17-23)36-20-35-26/h3-12,17H,13-16,18-20H2,1-2H3. The van der Waals surface area contributed by atoms with E-state index in [9.17, 15) is 13.2 Å². The zero-order valence-electron chi connectivity index (χ0n) is 21.1. The molecule has 1 fully saturated rings. The molecule has 3 aromatic rings. The van der Waals surface area contributed by atoms with E-state index in [4.69, 9.17) is 9.47 Å². The van der Waals surface area contributed by atoms with Crippen LogP contribution in [0.2, 0.25) is 0 Å². The van der Waals surface area contributed by atoms with Crippen LogP contribution < -0.4 is 13.8 Å². The number of piperazine rings is 1. The molecule has 9 heteroatoms. The summed E-state index contributed by atoms with van der Waals surface area (Å²) >= 11 is 0. The normalized spacial score (nSPS) is 15.6. The van der Waals surface area contributed by atoms with Crippen molar-refractivity contribution in [3.05, 3.63) is 89.0 Å². The van der Waals surface area contributed by atoms with Gasteiger partial charge in [-0.2, -0.15) is 0 Å². The van der Waals surface area contributed by atoms with Gasteiger partial charge in [-0.25, -0.2) is 8.42 Å². The molecule has 3 aromatic carbocycles. The predicted octanol–water partition coefficient (Wildman–Crippen LogP) is 3.65. The molecule has 0 radical (unpaired) electrons. The van der Waals surface area contributed by atoms with Crippen LogP contribution in [0.3, 0.4) is 0 Å². The van der Waals surface area contributed by atoms with E-state index in [1.54, 1.807) is 24.3 Å². The fourth-order valence-corrected chi connectivity index (χ4v) is 5.51. The van der Waals surface area contributed by atoms with Crippen LogP contribution in [0.4, 0.5) is 5.69 Å². The Kier molecular flexibility index (Phi) is 7.08. The third-order valence-electron chi connectivity index (χ3n) is 6.75. The highest BCUT2D eigenvalue weighted by atomic mass is 32.2. The quantitative estimate of drug-likeness (QED) is 0.472. The maximum absolute atomic E-state index is 13.1. The third-order valence-corrected chi connectivity index (χ3v) is 7.89. The topological polar surface area (TPSA) is 79.4 Å². The first-order chi connectivity index (χ1) is 17.8. The number of fused-ring (bicyclic) bond motifs is 1. The average molecular weight is 522 g/mol. The number of sulfonamides is 1. The van der Waals surface area contributed by atoms with Crippen molar-refractivity contribution in [3.63, 3.8) is 0 Å². The van der Waals surface area contributed by atoms with Gasteiger partial charge in [-0.15, -0.1) is 0 Å². The number of amides is 1. The molecule has 0 unspecified atom stereocenters. The summed E-state index contributed by atoms with van der Waals surface area (Å²) < 4.78 is 37.3. The van der Waals surface area contributed by atoms with E-state index >= 15 is 0 Å². The minimum Gasteiger partial charge on any atom is -0.454 e. The van der Waals surface area contributed by atoms with Crippen LogP contribution in [0.25, 0.3) is 0 Å². The van der Waals surface area contributed by atoms with Crippen LogP contribution in [0.1, 0.15) is 27.0 Å². The smallest absolute Gasteiger partial charge is 0.253 e. The van der Waals surface area contributed by atoms with Crippen molar-refractivity contribution in [2.24, 2.45) is 0 Å². The van der Waals surface area contributed by atoms with Crippen LogP contribution in [0.15, 0.2) is 66.7 Å². The van der Waals surface area contributed by atoms with Gasteiger partial charge in [0.2, 0.25) is 16.8 Å². The van der Waals surface area contributed by atoms with Gasteiger partial charge in [0.15, 0.2) is 11.5 Å². The highest BCUT2D eigenvalue weighted by molar-refractivity contribution is 7.92. The van der Waals surface area contributed by atoms with Crippen molar-refractivity contribution >= 4 is 21.6 Å². The van der Waals surface area contributed by atoms with Crippen LogP contribution in [-0.2, 0) is 23.1 Å². The first-order valence-electron chi connectivity index (χ1n) is 12.3. The number of nitrogens with zero attached hydrogens (tertiary/aromatic N) is 3. The summed E-state index contributed by atoms with van der Waals surface area (Å²) in [4.78, 5) is 17.3. The number of benzene rings is 3. The number of hydrogen-bond acceptors (Lipinski definition) is 6. The Hall–Kier alpha value is -3.56. The molecule has 2 aliphatic heterocycles. The average Bonchev–Trinajstić information content (AvgIpc) is 3.36. The Morgan fingerprint density at radius 2 is 1.51 bits per heavy atom. The highest BCUT2D eigenvalue weighted by Crippen LogP contribution is 2.33. The van der Waals surface area contributed by atoms with Gasteiger partial charge < -0.3 is 14.4 Å². The van der Waals surface area contributed by atoms with Crippen molar-refractivity contribution < 1.29 is 22.7 Å². The van der Waals surface area contributed by atoms with Crippen LogP contribution >= 0.6 is 0 Å². The SMILES string of the molecule is Cc1ccc(CN(c2ccc(C(=O)N3CCN(Cc4ccc5c(c4)OCO5)CC3)cc2)S(C)(=O)=O)cc1. The Morgan fingerprint density at radius 3 is 2.19 bits per heavy atom. The molecule has 8 nitrogen and oxygen atoms in total. The molecule has 194 valence electrons. The van der Waals surface area contributed by atoms with Gasteiger partial charge in [0.25, 0.3) is 5.91 Å². The molecule has 2 heterocycles. The van der Waals surface area contributed by atoms with E-state index in [1.807, 2.05) is 54.3 Å². The third kappa shape index (κ3) is 5.89. The van der Waals surface area contributed by atoms with Gasteiger partial charge in [0.1, 0.15) is 0 Å². The second-order valence-corrected chi connectivity index (χ2v) is 11.5. The first-order valence-corrected chi connectivity index (χ1v) is 14.1. The van der Waals surface area contributed by atoms with Crippen LogP contribution in [0, 0.1) is 6.92 Å². The van der Waals surface area contributed by atoms with Gasteiger partial charge in [-0.1, -0.05) is 35.9 Å². The lowest BCUT2D eigenvalue weighted by atomic mass is 10.1. The van der Waals surface area contributed by atoms with Crippen molar-refractivity contribution in [2.75, 3.05) is 43.5 Å². The molecule has 0 saturated carbocycles. The van der Waals surface area contributed by atoms with Gasteiger partial charge in [-0.05, 0) is 54.4 Å². The molecule has 0 spiro atoms. The Morgan fingerprint density at radius 1 is 0.865 bits per heavy atom. The van der Waals surface area contributed by atoms with E-state index < -0.39 is 10.0 Å². The zero-order valence-corrected chi connectivity index (χ0v) is 21.9. The second-order valence-electron chi connectivity index (χ2n) is 9.56. The predicted molar refractivity (Wildman–Crippen MR) is 142 cm³/mol. The summed E-state index contributed by atoms with van der Waals surface area (Å²) in [6.45, 7) is 6.09. The molecule has 0 bridgehead atoms. The Bertz CT molecular complexity index is 1370. The number of anilines is 1. The van der Waals surface area contributed by atoms with Crippen molar-refractivity contribution in [1.82, 2.24) is 9.80 Å². The maximum atomic E-state index is 13.1. The molecule has 5 rings (SSSR count). The van der Waals surface area contributed by atoms with Crippen LogP contribution in [-0.4, -0.2) is 63.4 Å². The number of ether oxygens (including phenoxy) is 2. The van der Waals surface area contributed by atoms with Crippen LogP contribution in [0.5, 0.6) is 11.5 Å². The molecule has 37 heavy (non-hydrogen) atoms. The molecule has 1 amide bonds. The van der Waals surface area contributed by atoms with E-state index in [0.717, 1.165) is 47.8 Å². The highest BCUT2D eigenvalue weighted by Gasteiger charge is 2.24. The minimum atomic E-state index is -3.50. The maximum Gasteiger partial charge on any atom is 0.253 e. The molecule has 0 atom stereocenters.